The Hall–Kier alpha value is -1.63. The molecule has 0 aromatic heterocycles. The summed E-state index contributed by atoms with van der Waals surface area (Å²) in [6, 6.07) is -0.588. The van der Waals surface area contributed by atoms with Crippen molar-refractivity contribution >= 4 is 17.8 Å². The SMILES string of the molecule is CC(C(=O)N1CCCC1)N1CCCC(C2(C)NC(=O)NC2=O)C1. The van der Waals surface area contributed by atoms with Crippen molar-refractivity contribution in [2.75, 3.05) is 26.2 Å². The van der Waals surface area contributed by atoms with Crippen molar-refractivity contribution in [1.82, 2.24) is 20.4 Å². The van der Waals surface area contributed by atoms with Crippen molar-refractivity contribution < 1.29 is 14.4 Å². The van der Waals surface area contributed by atoms with E-state index >= 15 is 0 Å². The first kappa shape index (κ1) is 16.2. The van der Waals surface area contributed by atoms with E-state index in [0.29, 0.717) is 6.54 Å². The molecule has 0 spiro atoms. The number of carbonyl (C=O) groups is 3. The summed E-state index contributed by atoms with van der Waals surface area (Å²) in [6.45, 7) is 6.98. The van der Waals surface area contributed by atoms with Gasteiger partial charge in [0.05, 0.1) is 6.04 Å². The maximum Gasteiger partial charge on any atom is 0.322 e. The predicted molar refractivity (Wildman–Crippen MR) is 84.7 cm³/mol. The zero-order chi connectivity index (χ0) is 16.6. The average molecular weight is 322 g/mol. The topological polar surface area (TPSA) is 81.8 Å². The van der Waals surface area contributed by atoms with Gasteiger partial charge in [0.15, 0.2) is 0 Å². The number of imide groups is 1. The average Bonchev–Trinajstić information content (AvgIpc) is 3.15. The fraction of sp³-hybridized carbons (Fsp3) is 0.812. The highest BCUT2D eigenvalue weighted by Crippen LogP contribution is 2.30. The van der Waals surface area contributed by atoms with E-state index in [2.05, 4.69) is 15.5 Å². The van der Waals surface area contributed by atoms with Gasteiger partial charge < -0.3 is 10.2 Å². The normalized spacial score (nSPS) is 33.5. The molecular formula is C16H26N4O3. The van der Waals surface area contributed by atoms with Gasteiger partial charge in [0.1, 0.15) is 5.54 Å². The maximum absolute atomic E-state index is 12.6. The first-order valence-corrected chi connectivity index (χ1v) is 8.58. The van der Waals surface area contributed by atoms with E-state index in [9.17, 15) is 14.4 Å². The number of hydrogen-bond acceptors (Lipinski definition) is 4. The number of nitrogens with zero attached hydrogens (tertiary/aromatic N) is 2. The van der Waals surface area contributed by atoms with Crippen LogP contribution < -0.4 is 10.6 Å². The Morgan fingerprint density at radius 3 is 2.52 bits per heavy atom. The van der Waals surface area contributed by atoms with Gasteiger partial charge in [-0.1, -0.05) is 0 Å². The summed E-state index contributed by atoms with van der Waals surface area (Å²) in [4.78, 5) is 40.3. The number of amides is 4. The third-order valence-corrected chi connectivity index (χ3v) is 5.66. The molecule has 3 aliphatic heterocycles. The molecule has 3 aliphatic rings. The maximum atomic E-state index is 12.6. The molecule has 7 heteroatoms. The molecule has 3 fully saturated rings. The molecule has 0 aliphatic carbocycles. The highest BCUT2D eigenvalue weighted by atomic mass is 16.2. The molecule has 2 N–H and O–H groups in total. The smallest absolute Gasteiger partial charge is 0.322 e. The van der Waals surface area contributed by atoms with Crippen molar-refractivity contribution in [3.8, 4) is 0 Å². The second kappa shape index (κ2) is 6.11. The second-order valence-corrected chi connectivity index (χ2v) is 7.15. The van der Waals surface area contributed by atoms with Crippen molar-refractivity contribution in [1.29, 1.82) is 0 Å². The third kappa shape index (κ3) is 2.94. The number of urea groups is 1. The van der Waals surface area contributed by atoms with Crippen molar-refractivity contribution in [3.63, 3.8) is 0 Å². The van der Waals surface area contributed by atoms with Crippen LogP contribution in [0.3, 0.4) is 0 Å². The Balaban J connectivity index is 1.67. The summed E-state index contributed by atoms with van der Waals surface area (Å²) in [5.41, 5.74) is -0.869. The Morgan fingerprint density at radius 1 is 1.22 bits per heavy atom. The Kier molecular flexibility index (Phi) is 4.31. The fourth-order valence-electron chi connectivity index (χ4n) is 4.03. The summed E-state index contributed by atoms with van der Waals surface area (Å²) in [7, 11) is 0. The summed E-state index contributed by atoms with van der Waals surface area (Å²) < 4.78 is 0. The number of likely N-dealkylation sites (tertiary alicyclic amines) is 2. The summed E-state index contributed by atoms with van der Waals surface area (Å²) in [5, 5.41) is 5.11. The molecule has 0 bridgehead atoms. The Bertz CT molecular complexity index is 517. The van der Waals surface area contributed by atoms with Gasteiger partial charge in [-0.3, -0.25) is 19.8 Å². The third-order valence-electron chi connectivity index (χ3n) is 5.66. The summed E-state index contributed by atoms with van der Waals surface area (Å²) >= 11 is 0. The van der Waals surface area contributed by atoms with E-state index in [-0.39, 0.29) is 23.8 Å². The monoisotopic (exact) mass is 322 g/mol. The Labute approximate surface area is 136 Å². The van der Waals surface area contributed by atoms with E-state index in [1.807, 2.05) is 11.8 Å². The van der Waals surface area contributed by atoms with Gasteiger partial charge in [0.25, 0.3) is 5.91 Å². The number of nitrogens with one attached hydrogen (secondary N) is 2. The minimum Gasteiger partial charge on any atom is -0.341 e. The number of hydrogen-bond donors (Lipinski definition) is 2. The molecule has 4 amide bonds. The summed E-state index contributed by atoms with van der Waals surface area (Å²) in [6.07, 6.45) is 3.99. The van der Waals surface area contributed by atoms with Crippen LogP contribution >= 0.6 is 0 Å². The molecule has 3 saturated heterocycles. The molecule has 128 valence electrons. The lowest BCUT2D eigenvalue weighted by molar-refractivity contribution is -0.136. The standard InChI is InChI=1S/C16H26N4O3/c1-11(13(21)19-7-3-4-8-19)20-9-5-6-12(10-20)16(2)14(22)17-15(23)18-16/h11-12H,3-10H2,1-2H3,(H2,17,18,22,23). The number of piperidine rings is 1. The highest BCUT2D eigenvalue weighted by molar-refractivity contribution is 6.07. The first-order chi connectivity index (χ1) is 10.9. The fourth-order valence-corrected chi connectivity index (χ4v) is 4.03. The van der Waals surface area contributed by atoms with Crippen LogP contribution in [0.25, 0.3) is 0 Å². The van der Waals surface area contributed by atoms with Crippen LogP contribution in [0.15, 0.2) is 0 Å². The molecule has 0 aromatic rings. The van der Waals surface area contributed by atoms with Gasteiger partial charge >= 0.3 is 6.03 Å². The van der Waals surface area contributed by atoms with Crippen LogP contribution in [-0.4, -0.2) is 65.4 Å². The lowest BCUT2D eigenvalue weighted by Gasteiger charge is -2.42. The van der Waals surface area contributed by atoms with Crippen LogP contribution in [-0.2, 0) is 9.59 Å². The van der Waals surface area contributed by atoms with Crippen LogP contribution in [0, 0.1) is 5.92 Å². The minimum atomic E-state index is -0.869. The van der Waals surface area contributed by atoms with Crippen molar-refractivity contribution in [3.05, 3.63) is 0 Å². The first-order valence-electron chi connectivity index (χ1n) is 8.58. The van der Waals surface area contributed by atoms with Crippen LogP contribution in [0.2, 0.25) is 0 Å². The van der Waals surface area contributed by atoms with Crippen LogP contribution in [0.4, 0.5) is 4.79 Å². The van der Waals surface area contributed by atoms with Crippen molar-refractivity contribution in [2.24, 2.45) is 5.92 Å². The lowest BCUT2D eigenvalue weighted by Crippen LogP contribution is -2.58. The largest absolute Gasteiger partial charge is 0.341 e. The molecule has 7 nitrogen and oxygen atoms in total. The predicted octanol–water partition coefficient (Wildman–Crippen LogP) is 0.307. The molecule has 0 radical (unpaired) electrons. The summed E-state index contributed by atoms with van der Waals surface area (Å²) in [5.74, 6) is -0.0439. The number of rotatable bonds is 3. The number of carbonyl (C=O) groups excluding carboxylic acids is 3. The van der Waals surface area contributed by atoms with E-state index < -0.39 is 11.6 Å². The van der Waals surface area contributed by atoms with E-state index in [1.165, 1.54) is 0 Å². The van der Waals surface area contributed by atoms with Gasteiger partial charge in [0, 0.05) is 25.6 Å². The second-order valence-electron chi connectivity index (χ2n) is 7.15. The van der Waals surface area contributed by atoms with Crippen LogP contribution in [0.1, 0.15) is 39.5 Å². The Morgan fingerprint density at radius 2 is 1.91 bits per heavy atom. The minimum absolute atomic E-state index is 0.0246. The molecular weight excluding hydrogens is 296 g/mol. The highest BCUT2D eigenvalue weighted by Gasteiger charge is 2.49. The van der Waals surface area contributed by atoms with Gasteiger partial charge in [-0.05, 0) is 46.1 Å². The van der Waals surface area contributed by atoms with E-state index in [4.69, 9.17) is 0 Å². The van der Waals surface area contributed by atoms with Gasteiger partial charge in [-0.2, -0.15) is 0 Å². The van der Waals surface area contributed by atoms with Gasteiger partial charge in [-0.25, -0.2) is 4.79 Å². The van der Waals surface area contributed by atoms with E-state index in [0.717, 1.165) is 45.3 Å². The zero-order valence-electron chi connectivity index (χ0n) is 13.9. The zero-order valence-corrected chi connectivity index (χ0v) is 13.9. The molecule has 3 unspecified atom stereocenters. The lowest BCUT2D eigenvalue weighted by atomic mass is 9.79. The molecule has 3 heterocycles. The van der Waals surface area contributed by atoms with Crippen LogP contribution in [0.5, 0.6) is 0 Å². The van der Waals surface area contributed by atoms with Gasteiger partial charge in [-0.15, -0.1) is 0 Å². The molecule has 0 saturated carbocycles. The molecule has 3 rings (SSSR count). The molecule has 0 aromatic carbocycles. The van der Waals surface area contributed by atoms with Crippen molar-refractivity contribution in [2.45, 2.75) is 51.1 Å². The molecule has 23 heavy (non-hydrogen) atoms. The molecule has 3 atom stereocenters. The van der Waals surface area contributed by atoms with Gasteiger partial charge in [0.2, 0.25) is 5.91 Å². The van der Waals surface area contributed by atoms with E-state index in [1.54, 1.807) is 6.92 Å². The quantitative estimate of drug-likeness (QED) is 0.733.